The highest BCUT2D eigenvalue weighted by Gasteiger charge is 2.29. The van der Waals surface area contributed by atoms with Gasteiger partial charge in [0.2, 0.25) is 5.88 Å². The first-order valence-corrected chi connectivity index (χ1v) is 8.78. The normalized spacial score (nSPS) is 11.7. The molecule has 2 aromatic rings. The van der Waals surface area contributed by atoms with E-state index in [-0.39, 0.29) is 12.4 Å². The van der Waals surface area contributed by atoms with Gasteiger partial charge in [0.05, 0.1) is 13.7 Å². The minimum atomic E-state index is -4.44. The number of benzene rings is 1. The summed E-state index contributed by atoms with van der Waals surface area (Å²) in [6.07, 6.45) is -3.07. The summed E-state index contributed by atoms with van der Waals surface area (Å²) in [6, 6.07) is 8.55. The molecule has 1 aromatic heterocycles. The molecule has 0 aliphatic carbocycles. The first-order chi connectivity index (χ1) is 13.9. The lowest BCUT2D eigenvalue weighted by Gasteiger charge is -2.16. The Balaban J connectivity index is 2.03. The zero-order chi connectivity index (χ0) is 21.3. The molecule has 0 unspecified atom stereocenters. The van der Waals surface area contributed by atoms with Gasteiger partial charge in [0.15, 0.2) is 24.1 Å². The summed E-state index contributed by atoms with van der Waals surface area (Å²) in [7, 11) is 3.12. The molecule has 0 atom stereocenters. The number of nitrogens with zero attached hydrogens (tertiary/aromatic N) is 2. The molecule has 0 aliphatic rings. The molecule has 0 saturated carbocycles. The van der Waals surface area contributed by atoms with Crippen molar-refractivity contribution in [3.8, 4) is 17.4 Å². The molecule has 2 N–H and O–H groups in total. The second-order valence-electron chi connectivity index (χ2n) is 5.72. The Morgan fingerprint density at radius 1 is 1.17 bits per heavy atom. The molecule has 0 saturated heterocycles. The van der Waals surface area contributed by atoms with Gasteiger partial charge in [-0.1, -0.05) is 6.07 Å². The molecule has 1 heterocycles. The van der Waals surface area contributed by atoms with Crippen LogP contribution in [0, 0.1) is 0 Å². The quantitative estimate of drug-likeness (QED) is 0.510. The van der Waals surface area contributed by atoms with Gasteiger partial charge in [-0.25, -0.2) is 4.98 Å². The standard InChI is InChI=1S/C19H23F3N4O3/c1-4-28-15-8-7-14(10-16(15)27-3)26-18(23-2)25-11-13-6-5-9-24-17(13)29-12-19(20,21)22/h5-10H,4,11-12H2,1-3H3,(H2,23,25,26). The van der Waals surface area contributed by atoms with Crippen molar-refractivity contribution in [2.75, 3.05) is 32.7 Å². The minimum absolute atomic E-state index is 0.0875. The monoisotopic (exact) mass is 412 g/mol. The number of alkyl halides is 3. The first kappa shape index (κ1) is 22.1. The van der Waals surface area contributed by atoms with Crippen LogP contribution >= 0.6 is 0 Å². The highest BCUT2D eigenvalue weighted by atomic mass is 19.4. The van der Waals surface area contributed by atoms with Gasteiger partial charge in [-0.05, 0) is 25.1 Å². The Morgan fingerprint density at radius 3 is 2.62 bits per heavy atom. The minimum Gasteiger partial charge on any atom is -0.493 e. The van der Waals surface area contributed by atoms with Crippen LogP contribution in [0.15, 0.2) is 41.5 Å². The molecular formula is C19H23F3N4O3. The van der Waals surface area contributed by atoms with E-state index in [0.717, 1.165) is 0 Å². The lowest BCUT2D eigenvalue weighted by molar-refractivity contribution is -0.154. The molecule has 29 heavy (non-hydrogen) atoms. The largest absolute Gasteiger partial charge is 0.493 e. The van der Waals surface area contributed by atoms with Gasteiger partial charge >= 0.3 is 6.18 Å². The summed E-state index contributed by atoms with van der Waals surface area (Å²) in [5, 5.41) is 6.10. The van der Waals surface area contributed by atoms with E-state index in [1.165, 1.54) is 6.20 Å². The van der Waals surface area contributed by atoms with Crippen LogP contribution in [0.2, 0.25) is 0 Å². The number of aromatic nitrogens is 1. The van der Waals surface area contributed by atoms with Crippen molar-refractivity contribution in [1.82, 2.24) is 10.3 Å². The van der Waals surface area contributed by atoms with E-state index in [1.807, 2.05) is 6.92 Å². The topological polar surface area (TPSA) is 77.0 Å². The Bertz CT molecular complexity index is 829. The third kappa shape index (κ3) is 7.05. The fraction of sp³-hybridized carbons (Fsp3) is 0.368. The van der Waals surface area contributed by atoms with Gasteiger partial charge in [-0.3, -0.25) is 4.99 Å². The fourth-order valence-corrected chi connectivity index (χ4v) is 2.35. The van der Waals surface area contributed by atoms with Gasteiger partial charge in [-0.2, -0.15) is 13.2 Å². The number of methoxy groups -OCH3 is 1. The van der Waals surface area contributed by atoms with Crippen LogP contribution in [0.25, 0.3) is 0 Å². The average molecular weight is 412 g/mol. The summed E-state index contributed by atoms with van der Waals surface area (Å²) in [6.45, 7) is 1.14. The third-order valence-electron chi connectivity index (χ3n) is 3.62. The summed E-state index contributed by atoms with van der Waals surface area (Å²) < 4.78 is 52.8. The first-order valence-electron chi connectivity index (χ1n) is 8.78. The second kappa shape index (κ2) is 10.4. The van der Waals surface area contributed by atoms with Gasteiger partial charge < -0.3 is 24.8 Å². The van der Waals surface area contributed by atoms with Crippen LogP contribution in [-0.4, -0.2) is 44.5 Å². The van der Waals surface area contributed by atoms with E-state index >= 15 is 0 Å². The van der Waals surface area contributed by atoms with Crippen LogP contribution in [0.3, 0.4) is 0 Å². The Kier molecular flexibility index (Phi) is 7.93. The van der Waals surface area contributed by atoms with Crippen LogP contribution in [-0.2, 0) is 6.54 Å². The zero-order valence-corrected chi connectivity index (χ0v) is 16.3. The Hall–Kier alpha value is -3.17. The predicted molar refractivity (Wildman–Crippen MR) is 104 cm³/mol. The number of hydrogen-bond donors (Lipinski definition) is 2. The number of aliphatic imine (C=N–C) groups is 1. The molecule has 0 amide bonds. The van der Waals surface area contributed by atoms with E-state index in [2.05, 4.69) is 20.6 Å². The van der Waals surface area contributed by atoms with E-state index in [1.54, 1.807) is 44.5 Å². The molecule has 158 valence electrons. The van der Waals surface area contributed by atoms with Crippen molar-refractivity contribution >= 4 is 11.6 Å². The molecular weight excluding hydrogens is 389 g/mol. The molecule has 10 heteroatoms. The molecule has 0 fully saturated rings. The number of ether oxygens (including phenoxy) is 3. The summed E-state index contributed by atoms with van der Waals surface area (Å²) in [5.74, 6) is 1.49. The van der Waals surface area contributed by atoms with E-state index < -0.39 is 12.8 Å². The van der Waals surface area contributed by atoms with Gasteiger partial charge in [-0.15, -0.1) is 0 Å². The van der Waals surface area contributed by atoms with Crippen molar-refractivity contribution in [3.63, 3.8) is 0 Å². The van der Waals surface area contributed by atoms with Crippen molar-refractivity contribution in [2.24, 2.45) is 4.99 Å². The average Bonchev–Trinajstić information content (AvgIpc) is 2.70. The van der Waals surface area contributed by atoms with Crippen LogP contribution < -0.4 is 24.8 Å². The van der Waals surface area contributed by atoms with E-state index in [9.17, 15) is 13.2 Å². The second-order valence-corrected chi connectivity index (χ2v) is 5.72. The highest BCUT2D eigenvalue weighted by Crippen LogP contribution is 2.30. The van der Waals surface area contributed by atoms with Crippen molar-refractivity contribution in [1.29, 1.82) is 0 Å². The zero-order valence-electron chi connectivity index (χ0n) is 16.3. The Morgan fingerprint density at radius 2 is 1.97 bits per heavy atom. The molecule has 0 radical (unpaired) electrons. The van der Waals surface area contributed by atoms with Crippen molar-refractivity contribution in [2.45, 2.75) is 19.6 Å². The smallest absolute Gasteiger partial charge is 0.422 e. The number of pyridine rings is 1. The summed E-state index contributed by atoms with van der Waals surface area (Å²) in [4.78, 5) is 7.98. The molecule has 0 spiro atoms. The maximum atomic E-state index is 12.4. The highest BCUT2D eigenvalue weighted by molar-refractivity contribution is 5.93. The molecule has 0 bridgehead atoms. The summed E-state index contributed by atoms with van der Waals surface area (Å²) in [5.41, 5.74) is 1.15. The Labute approximate surface area is 166 Å². The predicted octanol–water partition coefficient (Wildman–Crippen LogP) is 3.62. The van der Waals surface area contributed by atoms with Crippen molar-refractivity contribution in [3.05, 3.63) is 42.1 Å². The van der Waals surface area contributed by atoms with Gasteiger partial charge in [0.1, 0.15) is 0 Å². The number of rotatable bonds is 8. The van der Waals surface area contributed by atoms with Crippen LogP contribution in [0.5, 0.6) is 17.4 Å². The van der Waals surface area contributed by atoms with E-state index in [0.29, 0.717) is 35.3 Å². The number of anilines is 1. The number of nitrogens with one attached hydrogen (secondary N) is 2. The van der Waals surface area contributed by atoms with Crippen LogP contribution in [0.4, 0.5) is 18.9 Å². The van der Waals surface area contributed by atoms with Crippen molar-refractivity contribution < 1.29 is 27.4 Å². The van der Waals surface area contributed by atoms with Crippen LogP contribution in [0.1, 0.15) is 12.5 Å². The van der Waals surface area contributed by atoms with Gasteiger partial charge in [0, 0.05) is 37.1 Å². The molecule has 1 aromatic carbocycles. The lowest BCUT2D eigenvalue weighted by Crippen LogP contribution is -2.30. The molecule has 7 nitrogen and oxygen atoms in total. The fourth-order valence-electron chi connectivity index (χ4n) is 2.35. The number of hydrogen-bond acceptors (Lipinski definition) is 5. The molecule has 0 aliphatic heterocycles. The SMILES string of the molecule is CCOc1ccc(NC(=NC)NCc2cccnc2OCC(F)(F)F)cc1OC. The maximum Gasteiger partial charge on any atom is 0.422 e. The maximum absolute atomic E-state index is 12.4. The van der Waals surface area contributed by atoms with E-state index in [4.69, 9.17) is 14.2 Å². The third-order valence-corrected chi connectivity index (χ3v) is 3.62. The number of halogens is 3. The summed E-state index contributed by atoms with van der Waals surface area (Å²) >= 11 is 0. The van der Waals surface area contributed by atoms with Gasteiger partial charge in [0.25, 0.3) is 0 Å². The molecule has 2 rings (SSSR count). The number of guanidine groups is 1. The lowest BCUT2D eigenvalue weighted by atomic mass is 10.2.